The molecule has 0 saturated heterocycles. The van der Waals surface area contributed by atoms with Crippen LogP contribution in [0.25, 0.3) is 10.8 Å². The van der Waals surface area contributed by atoms with Gasteiger partial charge in [0, 0.05) is 5.39 Å². The molecule has 1 N–H and O–H groups in total. The Labute approximate surface area is 103 Å². The maximum atomic E-state index is 5.83. The highest BCUT2D eigenvalue weighted by Gasteiger charge is 2.00. The van der Waals surface area contributed by atoms with Gasteiger partial charge in [-0.2, -0.15) is 0 Å². The fourth-order valence-corrected chi connectivity index (χ4v) is 1.88. The molecule has 90 valence electrons. The highest BCUT2D eigenvalue weighted by molar-refractivity contribution is 5.88. The summed E-state index contributed by atoms with van der Waals surface area (Å²) in [5, 5.41) is 5.72. The molecule has 0 unspecified atom stereocenters. The van der Waals surface area contributed by atoms with Crippen molar-refractivity contribution in [2.24, 2.45) is 0 Å². The normalized spacial score (nSPS) is 10.6. The van der Waals surface area contributed by atoms with Crippen LogP contribution in [-0.4, -0.2) is 19.7 Å². The number of rotatable bonds is 6. The third-order valence-corrected chi connectivity index (χ3v) is 2.76. The van der Waals surface area contributed by atoms with Gasteiger partial charge in [-0.15, -0.1) is 0 Å². The fourth-order valence-electron chi connectivity index (χ4n) is 1.88. The van der Waals surface area contributed by atoms with Crippen LogP contribution in [0.3, 0.4) is 0 Å². The zero-order chi connectivity index (χ0) is 11.9. The summed E-state index contributed by atoms with van der Waals surface area (Å²) < 4.78 is 5.83. The van der Waals surface area contributed by atoms with Gasteiger partial charge in [0.05, 0.1) is 6.61 Å². The molecule has 0 saturated carbocycles. The summed E-state index contributed by atoms with van der Waals surface area (Å²) in [6, 6.07) is 14.5. The quantitative estimate of drug-likeness (QED) is 0.768. The lowest BCUT2D eigenvalue weighted by Gasteiger charge is -2.09. The van der Waals surface area contributed by atoms with Crippen LogP contribution >= 0.6 is 0 Å². The number of nitrogens with one attached hydrogen (secondary N) is 1. The van der Waals surface area contributed by atoms with Crippen LogP contribution in [-0.2, 0) is 0 Å². The summed E-state index contributed by atoms with van der Waals surface area (Å²) in [5.74, 6) is 0.986. The predicted octanol–water partition coefficient (Wildman–Crippen LogP) is 3.22. The lowest BCUT2D eigenvalue weighted by molar-refractivity contribution is 0.312. The van der Waals surface area contributed by atoms with E-state index in [-0.39, 0.29) is 0 Å². The lowest BCUT2D eigenvalue weighted by Crippen LogP contribution is -2.16. The molecule has 2 heteroatoms. The largest absolute Gasteiger partial charge is 0.493 e. The molecule has 0 amide bonds. The summed E-state index contributed by atoms with van der Waals surface area (Å²) >= 11 is 0. The van der Waals surface area contributed by atoms with Crippen molar-refractivity contribution < 1.29 is 4.74 Å². The second-order valence-electron chi connectivity index (χ2n) is 4.03. The fraction of sp³-hybridized carbons (Fsp3) is 0.333. The van der Waals surface area contributed by atoms with Crippen molar-refractivity contribution in [2.45, 2.75) is 13.3 Å². The van der Waals surface area contributed by atoms with Gasteiger partial charge in [-0.1, -0.05) is 43.3 Å². The molecular formula is C15H19NO. The third-order valence-electron chi connectivity index (χ3n) is 2.76. The molecule has 0 aliphatic rings. The molecule has 2 aromatic carbocycles. The molecule has 0 radical (unpaired) electrons. The standard InChI is InChI=1S/C15H19NO/c1-2-16-11-6-12-17-15-10-5-8-13-7-3-4-9-14(13)15/h3-5,7-10,16H,2,6,11-12H2,1H3. The molecule has 0 atom stereocenters. The first-order chi connectivity index (χ1) is 8.42. The van der Waals surface area contributed by atoms with Gasteiger partial charge in [-0.05, 0) is 31.0 Å². The second kappa shape index (κ2) is 6.26. The highest BCUT2D eigenvalue weighted by Crippen LogP contribution is 2.24. The average molecular weight is 229 g/mol. The summed E-state index contributed by atoms with van der Waals surface area (Å²) in [6.07, 6.45) is 1.04. The Morgan fingerprint density at radius 3 is 2.76 bits per heavy atom. The van der Waals surface area contributed by atoms with Crippen molar-refractivity contribution in [3.63, 3.8) is 0 Å². The molecular weight excluding hydrogens is 210 g/mol. The molecule has 0 aliphatic carbocycles. The summed E-state index contributed by atoms with van der Waals surface area (Å²) in [6.45, 7) is 4.92. The van der Waals surface area contributed by atoms with Crippen molar-refractivity contribution in [1.82, 2.24) is 5.32 Å². The SMILES string of the molecule is CCNCCCOc1cccc2ccccc12. The van der Waals surface area contributed by atoms with Crippen molar-refractivity contribution in [2.75, 3.05) is 19.7 Å². The van der Waals surface area contributed by atoms with Gasteiger partial charge in [-0.25, -0.2) is 0 Å². The van der Waals surface area contributed by atoms with Crippen molar-refractivity contribution >= 4 is 10.8 Å². The second-order valence-corrected chi connectivity index (χ2v) is 4.03. The van der Waals surface area contributed by atoms with E-state index >= 15 is 0 Å². The smallest absolute Gasteiger partial charge is 0.127 e. The van der Waals surface area contributed by atoms with E-state index in [0.29, 0.717) is 0 Å². The first-order valence-electron chi connectivity index (χ1n) is 6.23. The topological polar surface area (TPSA) is 21.3 Å². The molecule has 0 heterocycles. The summed E-state index contributed by atoms with van der Waals surface area (Å²) in [7, 11) is 0. The van der Waals surface area contributed by atoms with Crippen LogP contribution < -0.4 is 10.1 Å². The van der Waals surface area contributed by atoms with E-state index < -0.39 is 0 Å². The van der Waals surface area contributed by atoms with Gasteiger partial charge >= 0.3 is 0 Å². The first-order valence-corrected chi connectivity index (χ1v) is 6.23. The first kappa shape index (κ1) is 11.9. The van der Waals surface area contributed by atoms with E-state index in [0.717, 1.165) is 31.9 Å². The molecule has 0 spiro atoms. The van der Waals surface area contributed by atoms with E-state index in [4.69, 9.17) is 4.74 Å². The van der Waals surface area contributed by atoms with E-state index in [9.17, 15) is 0 Å². The Hall–Kier alpha value is -1.54. The Kier molecular flexibility index (Phi) is 4.39. The monoisotopic (exact) mass is 229 g/mol. The maximum absolute atomic E-state index is 5.83. The van der Waals surface area contributed by atoms with Gasteiger partial charge in [-0.3, -0.25) is 0 Å². The van der Waals surface area contributed by atoms with Crippen LogP contribution in [0, 0.1) is 0 Å². The van der Waals surface area contributed by atoms with Gasteiger partial charge in [0.2, 0.25) is 0 Å². The van der Waals surface area contributed by atoms with Gasteiger partial charge < -0.3 is 10.1 Å². The third kappa shape index (κ3) is 3.21. The molecule has 0 aliphatic heterocycles. The summed E-state index contributed by atoms with van der Waals surface area (Å²) in [5.41, 5.74) is 0. The van der Waals surface area contributed by atoms with Crippen LogP contribution in [0.2, 0.25) is 0 Å². The van der Waals surface area contributed by atoms with Crippen LogP contribution in [0.15, 0.2) is 42.5 Å². The zero-order valence-corrected chi connectivity index (χ0v) is 10.3. The average Bonchev–Trinajstić information content (AvgIpc) is 2.39. The molecule has 0 fully saturated rings. The minimum Gasteiger partial charge on any atom is -0.493 e. The minimum absolute atomic E-state index is 0.765. The van der Waals surface area contributed by atoms with Gasteiger partial charge in [0.15, 0.2) is 0 Å². The molecule has 0 bridgehead atoms. The van der Waals surface area contributed by atoms with E-state index in [1.54, 1.807) is 0 Å². The molecule has 17 heavy (non-hydrogen) atoms. The number of hydrogen-bond acceptors (Lipinski definition) is 2. The highest BCUT2D eigenvalue weighted by atomic mass is 16.5. The molecule has 2 nitrogen and oxygen atoms in total. The summed E-state index contributed by atoms with van der Waals surface area (Å²) in [4.78, 5) is 0. The molecule has 2 aromatic rings. The number of fused-ring (bicyclic) bond motifs is 1. The number of benzene rings is 2. The zero-order valence-electron chi connectivity index (χ0n) is 10.3. The lowest BCUT2D eigenvalue weighted by atomic mass is 10.1. The molecule has 0 aromatic heterocycles. The van der Waals surface area contributed by atoms with Gasteiger partial charge in [0.25, 0.3) is 0 Å². The van der Waals surface area contributed by atoms with Gasteiger partial charge in [0.1, 0.15) is 5.75 Å². The van der Waals surface area contributed by atoms with Crippen molar-refractivity contribution in [3.05, 3.63) is 42.5 Å². The van der Waals surface area contributed by atoms with Crippen LogP contribution in [0.1, 0.15) is 13.3 Å². The Morgan fingerprint density at radius 2 is 1.88 bits per heavy atom. The molecule has 2 rings (SSSR count). The van der Waals surface area contributed by atoms with Crippen LogP contribution in [0.4, 0.5) is 0 Å². The minimum atomic E-state index is 0.765. The Bertz CT molecular complexity index is 462. The van der Waals surface area contributed by atoms with E-state index in [2.05, 4.69) is 36.5 Å². The Balaban J connectivity index is 1.98. The predicted molar refractivity (Wildman–Crippen MR) is 72.6 cm³/mol. The number of ether oxygens (including phenoxy) is 1. The number of hydrogen-bond donors (Lipinski definition) is 1. The van der Waals surface area contributed by atoms with Crippen LogP contribution in [0.5, 0.6) is 5.75 Å². The maximum Gasteiger partial charge on any atom is 0.127 e. The van der Waals surface area contributed by atoms with E-state index in [1.807, 2.05) is 18.2 Å². The van der Waals surface area contributed by atoms with E-state index in [1.165, 1.54) is 10.8 Å². The Morgan fingerprint density at radius 1 is 1.06 bits per heavy atom. The van der Waals surface area contributed by atoms with Crippen molar-refractivity contribution in [1.29, 1.82) is 0 Å². The van der Waals surface area contributed by atoms with Crippen molar-refractivity contribution in [3.8, 4) is 5.75 Å².